The molecule has 1 aliphatic rings. The lowest BCUT2D eigenvalue weighted by Gasteiger charge is -2.15. The second-order valence-electron chi connectivity index (χ2n) is 11.5. The number of hydrogen-bond donors (Lipinski definition) is 1. The zero-order valence-corrected chi connectivity index (χ0v) is 24.8. The van der Waals surface area contributed by atoms with Crippen LogP contribution in [-0.2, 0) is 4.79 Å². The molecule has 2 aromatic carbocycles. The van der Waals surface area contributed by atoms with Crippen LogP contribution in [0.5, 0.6) is 5.75 Å². The van der Waals surface area contributed by atoms with Gasteiger partial charge >= 0.3 is 6.61 Å². The van der Waals surface area contributed by atoms with Gasteiger partial charge < -0.3 is 10.1 Å². The van der Waals surface area contributed by atoms with Crippen LogP contribution in [0.25, 0.3) is 16.9 Å². The van der Waals surface area contributed by atoms with Gasteiger partial charge in [0.05, 0.1) is 17.6 Å². The number of ether oxygens (including phenoxy) is 1. The van der Waals surface area contributed by atoms with Crippen LogP contribution < -0.4 is 10.1 Å². The zero-order chi connectivity index (χ0) is 30.5. The molecule has 2 heterocycles. The lowest BCUT2D eigenvalue weighted by atomic mass is 9.90. The molecule has 0 amide bonds. The van der Waals surface area contributed by atoms with Crippen LogP contribution in [0.4, 0.5) is 20.2 Å². The van der Waals surface area contributed by atoms with Crippen molar-refractivity contribution in [1.82, 2.24) is 9.38 Å². The van der Waals surface area contributed by atoms with E-state index in [-0.39, 0.29) is 23.2 Å². The van der Waals surface area contributed by atoms with Crippen molar-refractivity contribution < 1.29 is 23.1 Å². The second-order valence-corrected chi connectivity index (χ2v) is 11.5. The predicted molar refractivity (Wildman–Crippen MR) is 165 cm³/mol. The van der Waals surface area contributed by atoms with Crippen LogP contribution in [0.1, 0.15) is 68.3 Å². The molecule has 0 fully saturated rings. The number of anilines is 2. The number of nitrogens with one attached hydrogen (secondary N) is 1. The number of Topliss-reactive ketones (excluding diaryl/α,β-unsaturated/α-hetero) is 2. The third kappa shape index (κ3) is 7.19. The monoisotopic (exact) mass is 585 g/mol. The summed E-state index contributed by atoms with van der Waals surface area (Å²) < 4.78 is 31.4. The van der Waals surface area contributed by atoms with Gasteiger partial charge in [0.2, 0.25) is 0 Å². The smallest absolute Gasteiger partial charge is 0.387 e. The third-order valence-electron chi connectivity index (χ3n) is 8.25. The number of benzene rings is 2. The molecule has 1 aliphatic carbocycles. The first-order valence-electron chi connectivity index (χ1n) is 14.8. The first kappa shape index (κ1) is 30.1. The van der Waals surface area contributed by atoms with Crippen LogP contribution in [0.15, 0.2) is 78.6 Å². The van der Waals surface area contributed by atoms with Crippen LogP contribution in [0.2, 0.25) is 0 Å². The standard InChI is InChI=1S/C35H37F2N3O3/c1-22-6-4-7-26(11-9-22)32(41)18-10-23(2)33(42)29-17-14-27(20-24(29)3)39-30-8-5-19-40-31(21-38-34(30)40)25-12-15-28(16-13-25)43-35(36)37/h5,7-8,12-17,19-23,35,39H,4,6,9-11,18H2,1-3H3. The lowest BCUT2D eigenvalue weighted by molar-refractivity contribution is -0.115. The summed E-state index contributed by atoms with van der Waals surface area (Å²) in [5.74, 6) is 0.719. The van der Waals surface area contributed by atoms with E-state index in [0.717, 1.165) is 59.5 Å². The minimum absolute atomic E-state index is 0.0466. The molecule has 2 aromatic heterocycles. The Morgan fingerprint density at radius 3 is 2.65 bits per heavy atom. The Morgan fingerprint density at radius 1 is 1.12 bits per heavy atom. The molecule has 6 nitrogen and oxygen atoms in total. The molecule has 0 spiro atoms. The first-order valence-corrected chi connectivity index (χ1v) is 14.8. The molecule has 2 unspecified atom stereocenters. The van der Waals surface area contributed by atoms with Gasteiger partial charge in [-0.2, -0.15) is 8.78 Å². The van der Waals surface area contributed by atoms with Gasteiger partial charge in [0.25, 0.3) is 0 Å². The maximum atomic E-state index is 13.3. The zero-order valence-electron chi connectivity index (χ0n) is 24.8. The number of allylic oxidation sites excluding steroid dienone is 2. The molecule has 1 N–H and O–H groups in total. The summed E-state index contributed by atoms with van der Waals surface area (Å²) in [6, 6.07) is 15.9. The van der Waals surface area contributed by atoms with E-state index in [9.17, 15) is 18.4 Å². The molecule has 4 aromatic rings. The van der Waals surface area contributed by atoms with Crippen molar-refractivity contribution in [3.05, 3.63) is 89.8 Å². The van der Waals surface area contributed by atoms with E-state index in [2.05, 4.69) is 28.0 Å². The molecule has 5 rings (SSSR count). The number of pyridine rings is 1. The molecule has 0 saturated carbocycles. The Bertz CT molecular complexity index is 1640. The number of fused-ring (bicyclic) bond motifs is 1. The largest absolute Gasteiger partial charge is 0.435 e. The second kappa shape index (κ2) is 13.3. The van der Waals surface area contributed by atoms with Gasteiger partial charge in [0.1, 0.15) is 5.75 Å². The normalized spacial score (nSPS) is 16.0. The molecule has 224 valence electrons. The number of aryl methyl sites for hydroxylation is 1. The molecule has 43 heavy (non-hydrogen) atoms. The number of carbonyl (C=O) groups excluding carboxylic acids is 2. The lowest BCUT2D eigenvalue weighted by Crippen LogP contribution is -2.15. The van der Waals surface area contributed by atoms with E-state index in [4.69, 9.17) is 0 Å². The van der Waals surface area contributed by atoms with E-state index >= 15 is 0 Å². The Kier molecular flexibility index (Phi) is 9.34. The van der Waals surface area contributed by atoms with Crippen molar-refractivity contribution >= 4 is 28.6 Å². The van der Waals surface area contributed by atoms with Gasteiger partial charge in [-0.25, -0.2) is 4.98 Å². The number of rotatable bonds is 11. The highest BCUT2D eigenvalue weighted by atomic mass is 19.3. The number of carbonyl (C=O) groups is 2. The van der Waals surface area contributed by atoms with Crippen molar-refractivity contribution in [2.24, 2.45) is 11.8 Å². The molecular weight excluding hydrogens is 548 g/mol. The molecule has 0 saturated heterocycles. The topological polar surface area (TPSA) is 72.7 Å². The molecule has 0 bridgehead atoms. The molecule has 8 heteroatoms. The number of ketones is 2. The summed E-state index contributed by atoms with van der Waals surface area (Å²) >= 11 is 0. The van der Waals surface area contributed by atoms with Gasteiger partial charge in [0, 0.05) is 35.3 Å². The Balaban J connectivity index is 1.25. The number of halogens is 2. The van der Waals surface area contributed by atoms with Crippen molar-refractivity contribution in [2.45, 2.75) is 65.9 Å². The van der Waals surface area contributed by atoms with E-state index in [1.54, 1.807) is 18.3 Å². The van der Waals surface area contributed by atoms with E-state index < -0.39 is 6.61 Å². The van der Waals surface area contributed by atoms with Gasteiger partial charge in [-0.05, 0) is 111 Å². The van der Waals surface area contributed by atoms with Gasteiger partial charge in [0.15, 0.2) is 17.2 Å². The summed E-state index contributed by atoms with van der Waals surface area (Å²) in [5.41, 5.74) is 6.35. The number of aromatic nitrogens is 2. The van der Waals surface area contributed by atoms with Crippen LogP contribution >= 0.6 is 0 Å². The highest BCUT2D eigenvalue weighted by Crippen LogP contribution is 2.30. The van der Waals surface area contributed by atoms with Crippen molar-refractivity contribution in [3.63, 3.8) is 0 Å². The average molecular weight is 586 g/mol. The Morgan fingerprint density at radius 2 is 1.91 bits per heavy atom. The average Bonchev–Trinajstić information content (AvgIpc) is 3.30. The number of alkyl halides is 2. The molecule has 0 aliphatic heterocycles. The van der Waals surface area contributed by atoms with Crippen LogP contribution in [-0.4, -0.2) is 27.6 Å². The molecule has 0 radical (unpaired) electrons. The number of hydrogen-bond acceptors (Lipinski definition) is 5. The van der Waals surface area contributed by atoms with E-state index in [0.29, 0.717) is 30.0 Å². The summed E-state index contributed by atoms with van der Waals surface area (Å²) in [6.45, 7) is 3.19. The fraction of sp³-hybridized carbons (Fsp3) is 0.343. The van der Waals surface area contributed by atoms with Crippen LogP contribution in [0.3, 0.4) is 0 Å². The van der Waals surface area contributed by atoms with Crippen molar-refractivity contribution in [2.75, 3.05) is 5.32 Å². The highest BCUT2D eigenvalue weighted by molar-refractivity contribution is 6.00. The van der Waals surface area contributed by atoms with Gasteiger partial charge in [-0.15, -0.1) is 0 Å². The summed E-state index contributed by atoms with van der Waals surface area (Å²) in [6.07, 6.45) is 10.6. The van der Waals surface area contributed by atoms with Crippen molar-refractivity contribution in [1.29, 1.82) is 0 Å². The maximum Gasteiger partial charge on any atom is 0.387 e. The molecule has 2 atom stereocenters. The third-order valence-corrected chi connectivity index (χ3v) is 8.25. The van der Waals surface area contributed by atoms with Gasteiger partial charge in [-0.3, -0.25) is 14.0 Å². The molecular formula is C35H37F2N3O3. The van der Waals surface area contributed by atoms with E-state index in [1.165, 1.54) is 12.1 Å². The minimum Gasteiger partial charge on any atom is -0.435 e. The number of imidazole rings is 1. The maximum absolute atomic E-state index is 13.3. The Labute approximate surface area is 250 Å². The fourth-order valence-corrected chi connectivity index (χ4v) is 5.65. The highest BCUT2D eigenvalue weighted by Gasteiger charge is 2.21. The summed E-state index contributed by atoms with van der Waals surface area (Å²) in [4.78, 5) is 30.7. The summed E-state index contributed by atoms with van der Waals surface area (Å²) in [7, 11) is 0. The quantitative estimate of drug-likeness (QED) is 0.178. The Hall–Kier alpha value is -4.33. The van der Waals surface area contributed by atoms with Gasteiger partial charge in [-0.1, -0.05) is 19.9 Å². The fourth-order valence-electron chi connectivity index (χ4n) is 5.65. The summed E-state index contributed by atoms with van der Waals surface area (Å²) in [5, 5.41) is 3.41. The first-order chi connectivity index (χ1) is 20.7. The predicted octanol–water partition coefficient (Wildman–Crippen LogP) is 8.96. The SMILES string of the molecule is Cc1cc(Nc2cccn3c(-c4ccc(OC(F)F)cc4)cnc23)ccc1C(=O)C(C)CCC(=O)C1=CCCC(C)CC1. The van der Waals surface area contributed by atoms with E-state index in [1.807, 2.05) is 54.8 Å². The number of nitrogens with zero attached hydrogens (tertiary/aromatic N) is 2. The minimum atomic E-state index is -2.87. The van der Waals surface area contributed by atoms with Crippen molar-refractivity contribution in [3.8, 4) is 17.0 Å². The van der Waals surface area contributed by atoms with Crippen LogP contribution in [0, 0.1) is 18.8 Å².